The van der Waals surface area contributed by atoms with Crippen molar-refractivity contribution in [1.82, 2.24) is 10.2 Å². The predicted molar refractivity (Wildman–Crippen MR) is 92.3 cm³/mol. The first kappa shape index (κ1) is 17.3. The van der Waals surface area contributed by atoms with Gasteiger partial charge in [-0.3, -0.25) is 9.69 Å². The van der Waals surface area contributed by atoms with Gasteiger partial charge in [0.25, 0.3) is 0 Å². The summed E-state index contributed by atoms with van der Waals surface area (Å²) in [6.45, 7) is 2.67. The van der Waals surface area contributed by atoms with E-state index in [0.717, 1.165) is 18.6 Å². The average Bonchev–Trinajstić information content (AvgIpc) is 3.03. The van der Waals surface area contributed by atoms with Crippen LogP contribution in [0, 0.1) is 6.92 Å². The molecule has 4 heteroatoms. The minimum atomic E-state index is 0.0605. The van der Waals surface area contributed by atoms with E-state index in [1.165, 1.54) is 11.1 Å². The number of likely N-dealkylation sites (N-methyl/N-ethyl adjacent to an activating group) is 1. The molecule has 1 aromatic carbocycles. The van der Waals surface area contributed by atoms with E-state index < -0.39 is 0 Å². The van der Waals surface area contributed by atoms with E-state index in [2.05, 4.69) is 24.4 Å². The first-order valence-corrected chi connectivity index (χ1v) is 8.09. The zero-order chi connectivity index (χ0) is 16.7. The molecule has 0 spiro atoms. The topological polar surface area (TPSA) is 45.5 Å². The van der Waals surface area contributed by atoms with E-state index in [4.69, 9.17) is 4.42 Å². The summed E-state index contributed by atoms with van der Waals surface area (Å²) in [6.07, 6.45) is 4.02. The van der Waals surface area contributed by atoms with Crippen LogP contribution in [0.3, 0.4) is 0 Å². The molecule has 23 heavy (non-hydrogen) atoms. The summed E-state index contributed by atoms with van der Waals surface area (Å²) in [6, 6.07) is 12.2. The molecule has 1 unspecified atom stereocenters. The third-order valence-corrected chi connectivity index (χ3v) is 4.10. The fourth-order valence-electron chi connectivity index (χ4n) is 2.65. The molecule has 0 saturated carbocycles. The molecule has 0 aliphatic rings. The lowest BCUT2D eigenvalue weighted by Crippen LogP contribution is -2.34. The van der Waals surface area contributed by atoms with Gasteiger partial charge in [-0.05, 0) is 57.1 Å². The Labute approximate surface area is 138 Å². The zero-order valence-corrected chi connectivity index (χ0v) is 14.2. The maximum atomic E-state index is 12.1. The molecule has 1 atom stereocenters. The molecular formula is C19H26N2O2. The van der Waals surface area contributed by atoms with Gasteiger partial charge in [0.15, 0.2) is 0 Å². The van der Waals surface area contributed by atoms with Crippen molar-refractivity contribution < 1.29 is 9.21 Å². The molecule has 1 heterocycles. The first-order valence-electron chi connectivity index (χ1n) is 8.09. The molecule has 0 fully saturated rings. The molecule has 0 aliphatic heterocycles. The second kappa shape index (κ2) is 8.53. The van der Waals surface area contributed by atoms with Crippen LogP contribution in [0.5, 0.6) is 0 Å². The van der Waals surface area contributed by atoms with E-state index in [1.807, 2.05) is 43.3 Å². The van der Waals surface area contributed by atoms with Crippen LogP contribution < -0.4 is 5.32 Å². The lowest BCUT2D eigenvalue weighted by atomic mass is 10.0. The standard InChI is InChI=1S/C19H26N2O2/c1-15-8-4-5-9-16(15)10-6-12-19(22)20-14-17(21(2)3)18-11-7-13-23-18/h4-5,7-9,11,13,17H,6,10,12,14H2,1-3H3,(H,20,22). The summed E-state index contributed by atoms with van der Waals surface area (Å²) in [5.74, 6) is 0.965. The van der Waals surface area contributed by atoms with Crippen LogP contribution in [-0.4, -0.2) is 31.4 Å². The van der Waals surface area contributed by atoms with Crippen LogP contribution in [0.4, 0.5) is 0 Å². The number of aryl methyl sites for hydroxylation is 2. The average molecular weight is 314 g/mol. The summed E-state index contributed by atoms with van der Waals surface area (Å²) >= 11 is 0. The first-order chi connectivity index (χ1) is 11.1. The lowest BCUT2D eigenvalue weighted by molar-refractivity contribution is -0.121. The Morgan fingerprint density at radius 1 is 1.22 bits per heavy atom. The maximum Gasteiger partial charge on any atom is 0.220 e. The predicted octanol–water partition coefficient (Wildman–Crippen LogP) is 3.33. The Kier molecular flexibility index (Phi) is 6.41. The second-order valence-electron chi connectivity index (χ2n) is 6.08. The van der Waals surface area contributed by atoms with Crippen molar-refractivity contribution in [3.05, 3.63) is 59.5 Å². The number of hydrogen-bond donors (Lipinski definition) is 1. The summed E-state index contributed by atoms with van der Waals surface area (Å²) in [4.78, 5) is 14.1. The van der Waals surface area contributed by atoms with Gasteiger partial charge in [-0.15, -0.1) is 0 Å². The quantitative estimate of drug-likeness (QED) is 0.813. The van der Waals surface area contributed by atoms with Crippen molar-refractivity contribution in [2.45, 2.75) is 32.2 Å². The van der Waals surface area contributed by atoms with Crippen LogP contribution in [0.1, 0.15) is 35.8 Å². The molecule has 0 radical (unpaired) electrons. The highest BCUT2D eigenvalue weighted by atomic mass is 16.3. The Bertz CT molecular complexity index is 606. The minimum absolute atomic E-state index is 0.0605. The molecule has 2 rings (SSSR count). The summed E-state index contributed by atoms with van der Waals surface area (Å²) < 4.78 is 5.45. The molecule has 0 saturated heterocycles. The molecule has 2 aromatic rings. The number of hydrogen-bond acceptors (Lipinski definition) is 3. The van der Waals surface area contributed by atoms with E-state index in [1.54, 1.807) is 6.26 Å². The number of carbonyl (C=O) groups is 1. The van der Waals surface area contributed by atoms with Crippen LogP contribution >= 0.6 is 0 Å². The van der Waals surface area contributed by atoms with Gasteiger partial charge in [-0.25, -0.2) is 0 Å². The SMILES string of the molecule is Cc1ccccc1CCCC(=O)NCC(c1ccco1)N(C)C. The van der Waals surface area contributed by atoms with E-state index >= 15 is 0 Å². The van der Waals surface area contributed by atoms with Gasteiger partial charge >= 0.3 is 0 Å². The highest BCUT2D eigenvalue weighted by molar-refractivity contribution is 5.75. The Balaban J connectivity index is 1.75. The van der Waals surface area contributed by atoms with Gasteiger partial charge in [0.1, 0.15) is 5.76 Å². The van der Waals surface area contributed by atoms with Crippen LogP contribution in [0.2, 0.25) is 0 Å². The van der Waals surface area contributed by atoms with Gasteiger partial charge in [0.2, 0.25) is 5.91 Å². The smallest absolute Gasteiger partial charge is 0.220 e. The maximum absolute atomic E-state index is 12.1. The summed E-state index contributed by atoms with van der Waals surface area (Å²) in [5.41, 5.74) is 2.61. The van der Waals surface area contributed by atoms with Crippen molar-refractivity contribution in [3.8, 4) is 0 Å². The van der Waals surface area contributed by atoms with Gasteiger partial charge in [-0.1, -0.05) is 24.3 Å². The lowest BCUT2D eigenvalue weighted by Gasteiger charge is -2.22. The third-order valence-electron chi connectivity index (χ3n) is 4.10. The number of furan rings is 1. The normalized spacial score (nSPS) is 12.3. The zero-order valence-electron chi connectivity index (χ0n) is 14.2. The molecule has 0 aliphatic carbocycles. The van der Waals surface area contributed by atoms with Gasteiger partial charge in [0.05, 0.1) is 12.3 Å². The van der Waals surface area contributed by atoms with Gasteiger partial charge in [-0.2, -0.15) is 0 Å². The molecule has 4 nitrogen and oxygen atoms in total. The van der Waals surface area contributed by atoms with Crippen molar-refractivity contribution in [3.63, 3.8) is 0 Å². The molecule has 124 valence electrons. The summed E-state index contributed by atoms with van der Waals surface area (Å²) in [5, 5.41) is 3.01. The van der Waals surface area contributed by atoms with Crippen LogP contribution in [-0.2, 0) is 11.2 Å². The van der Waals surface area contributed by atoms with Gasteiger partial charge in [0, 0.05) is 13.0 Å². The summed E-state index contributed by atoms with van der Waals surface area (Å²) in [7, 11) is 3.97. The van der Waals surface area contributed by atoms with E-state index in [-0.39, 0.29) is 11.9 Å². The minimum Gasteiger partial charge on any atom is -0.468 e. The van der Waals surface area contributed by atoms with Crippen LogP contribution in [0.15, 0.2) is 47.1 Å². The third kappa shape index (κ3) is 5.25. The van der Waals surface area contributed by atoms with Crippen molar-refractivity contribution in [2.75, 3.05) is 20.6 Å². The molecule has 1 N–H and O–H groups in total. The number of nitrogens with one attached hydrogen (secondary N) is 1. The number of rotatable bonds is 8. The number of carbonyl (C=O) groups excluding carboxylic acids is 1. The number of nitrogens with zero attached hydrogens (tertiary/aromatic N) is 1. The van der Waals surface area contributed by atoms with Crippen molar-refractivity contribution >= 4 is 5.91 Å². The fourth-order valence-corrected chi connectivity index (χ4v) is 2.65. The highest BCUT2D eigenvalue weighted by Crippen LogP contribution is 2.17. The number of amides is 1. The molecular weight excluding hydrogens is 288 g/mol. The molecule has 0 bridgehead atoms. The Hall–Kier alpha value is -2.07. The van der Waals surface area contributed by atoms with Crippen molar-refractivity contribution in [1.29, 1.82) is 0 Å². The number of benzene rings is 1. The van der Waals surface area contributed by atoms with E-state index in [0.29, 0.717) is 13.0 Å². The second-order valence-corrected chi connectivity index (χ2v) is 6.08. The monoisotopic (exact) mass is 314 g/mol. The highest BCUT2D eigenvalue weighted by Gasteiger charge is 2.17. The van der Waals surface area contributed by atoms with Gasteiger partial charge < -0.3 is 9.73 Å². The van der Waals surface area contributed by atoms with Crippen molar-refractivity contribution in [2.24, 2.45) is 0 Å². The van der Waals surface area contributed by atoms with Crippen LogP contribution in [0.25, 0.3) is 0 Å². The largest absolute Gasteiger partial charge is 0.468 e. The van der Waals surface area contributed by atoms with E-state index in [9.17, 15) is 4.79 Å². The Morgan fingerprint density at radius 3 is 2.65 bits per heavy atom. The molecule has 1 aromatic heterocycles. The fraction of sp³-hybridized carbons (Fsp3) is 0.421. The Morgan fingerprint density at radius 2 is 2.00 bits per heavy atom. The molecule has 1 amide bonds.